The number of hydrogen-bond acceptors (Lipinski definition) is 3. The van der Waals surface area contributed by atoms with Crippen LogP contribution in [0, 0.1) is 5.82 Å². The highest BCUT2D eigenvalue weighted by atomic mass is 35.5. The minimum atomic E-state index is -0.489. The molecule has 0 saturated heterocycles. The zero-order valence-corrected chi connectivity index (χ0v) is 13.8. The maximum atomic E-state index is 13.2. The lowest BCUT2D eigenvalue weighted by molar-refractivity contribution is -0.111. The molecule has 3 aromatic rings. The number of nitrogens with two attached hydrogens (primary N) is 1. The molecule has 6 heteroatoms. The number of amides is 1. The second kappa shape index (κ2) is 7.23. The van der Waals surface area contributed by atoms with Gasteiger partial charge in [-0.2, -0.15) is 0 Å². The summed E-state index contributed by atoms with van der Waals surface area (Å²) in [6.07, 6.45) is 2.90. The summed E-state index contributed by atoms with van der Waals surface area (Å²) in [5, 5.41) is 2.73. The third-order valence-corrected chi connectivity index (χ3v) is 3.70. The van der Waals surface area contributed by atoms with Crippen LogP contribution in [0.4, 0.5) is 15.8 Å². The first-order valence-corrected chi connectivity index (χ1v) is 7.79. The Labute approximate surface area is 148 Å². The van der Waals surface area contributed by atoms with E-state index in [0.717, 1.165) is 0 Å². The van der Waals surface area contributed by atoms with Crippen molar-refractivity contribution in [3.63, 3.8) is 0 Å². The molecule has 2 aromatic carbocycles. The van der Waals surface area contributed by atoms with E-state index in [1.54, 1.807) is 48.5 Å². The Morgan fingerprint density at radius 1 is 1.12 bits per heavy atom. The lowest BCUT2D eigenvalue weighted by Crippen LogP contribution is -2.07. The summed E-state index contributed by atoms with van der Waals surface area (Å²) in [6, 6.07) is 14.6. The fourth-order valence-electron chi connectivity index (χ4n) is 2.16. The summed E-state index contributed by atoms with van der Waals surface area (Å²) in [7, 11) is 0. The van der Waals surface area contributed by atoms with Crippen molar-refractivity contribution in [3.8, 4) is 11.3 Å². The smallest absolute Gasteiger partial charge is 0.248 e. The van der Waals surface area contributed by atoms with Crippen molar-refractivity contribution in [1.82, 2.24) is 0 Å². The third-order valence-electron chi connectivity index (χ3n) is 3.41. The van der Waals surface area contributed by atoms with Gasteiger partial charge in [0.15, 0.2) is 0 Å². The van der Waals surface area contributed by atoms with Crippen LogP contribution in [-0.2, 0) is 4.79 Å². The summed E-state index contributed by atoms with van der Waals surface area (Å²) in [4.78, 5) is 11.9. The highest BCUT2D eigenvalue weighted by Crippen LogP contribution is 2.27. The molecule has 0 aliphatic rings. The van der Waals surface area contributed by atoms with Gasteiger partial charge in [-0.05, 0) is 60.7 Å². The molecule has 0 atom stereocenters. The van der Waals surface area contributed by atoms with Crippen LogP contribution in [0.5, 0.6) is 0 Å². The van der Waals surface area contributed by atoms with Crippen molar-refractivity contribution in [3.05, 3.63) is 77.3 Å². The van der Waals surface area contributed by atoms with E-state index < -0.39 is 5.82 Å². The van der Waals surface area contributed by atoms with Gasteiger partial charge < -0.3 is 15.5 Å². The summed E-state index contributed by atoms with van der Waals surface area (Å²) in [6.45, 7) is 0. The first-order chi connectivity index (χ1) is 12.0. The van der Waals surface area contributed by atoms with Crippen molar-refractivity contribution in [1.29, 1.82) is 0 Å². The Kier molecular flexibility index (Phi) is 4.86. The van der Waals surface area contributed by atoms with E-state index in [-0.39, 0.29) is 10.9 Å². The number of hydrogen-bond donors (Lipinski definition) is 2. The lowest BCUT2D eigenvalue weighted by Gasteiger charge is -2.01. The van der Waals surface area contributed by atoms with Crippen LogP contribution < -0.4 is 11.1 Å². The van der Waals surface area contributed by atoms with Gasteiger partial charge in [-0.25, -0.2) is 4.39 Å². The van der Waals surface area contributed by atoms with Crippen LogP contribution in [0.25, 0.3) is 17.4 Å². The minimum Gasteiger partial charge on any atom is -0.457 e. The number of rotatable bonds is 4. The zero-order valence-electron chi connectivity index (χ0n) is 13.0. The van der Waals surface area contributed by atoms with Gasteiger partial charge in [-0.15, -0.1) is 0 Å². The molecule has 0 bridgehead atoms. The van der Waals surface area contributed by atoms with E-state index in [2.05, 4.69) is 5.32 Å². The van der Waals surface area contributed by atoms with Gasteiger partial charge >= 0.3 is 0 Å². The molecule has 4 nitrogen and oxygen atoms in total. The molecular formula is C19H14ClFN2O2. The first-order valence-electron chi connectivity index (χ1n) is 7.41. The maximum absolute atomic E-state index is 13.2. The van der Waals surface area contributed by atoms with Gasteiger partial charge in [-0.3, -0.25) is 4.79 Å². The monoisotopic (exact) mass is 356 g/mol. The van der Waals surface area contributed by atoms with Gasteiger partial charge in [0.2, 0.25) is 5.91 Å². The number of halogens is 2. The van der Waals surface area contributed by atoms with Gasteiger partial charge in [0, 0.05) is 23.0 Å². The number of furan rings is 1. The predicted molar refractivity (Wildman–Crippen MR) is 97.6 cm³/mol. The number of nitrogens with one attached hydrogen (secondary N) is 1. The van der Waals surface area contributed by atoms with Crippen LogP contribution in [-0.4, -0.2) is 5.91 Å². The predicted octanol–water partition coefficient (Wildman–Crippen LogP) is 4.97. The summed E-state index contributed by atoms with van der Waals surface area (Å²) in [5.74, 6) is 0.229. The Hall–Kier alpha value is -3.05. The Morgan fingerprint density at radius 3 is 2.60 bits per heavy atom. The SMILES string of the molecule is Nc1ccc(NC(=O)/C=C/c2ccc(-c3ccc(F)c(Cl)c3)o2)cc1. The Morgan fingerprint density at radius 2 is 1.88 bits per heavy atom. The molecule has 0 spiro atoms. The van der Waals surface area contributed by atoms with Crippen LogP contribution in [0.1, 0.15) is 5.76 Å². The van der Waals surface area contributed by atoms with Crippen molar-refractivity contribution in [2.75, 3.05) is 11.1 Å². The molecule has 0 aliphatic heterocycles. The molecule has 126 valence electrons. The molecule has 1 amide bonds. The molecule has 0 fully saturated rings. The molecule has 3 rings (SSSR count). The quantitative estimate of drug-likeness (QED) is 0.512. The van der Waals surface area contributed by atoms with E-state index in [4.69, 9.17) is 21.8 Å². The molecule has 1 aromatic heterocycles. The topological polar surface area (TPSA) is 68.3 Å². The summed E-state index contributed by atoms with van der Waals surface area (Å²) < 4.78 is 18.8. The number of nitrogen functional groups attached to an aromatic ring is 1. The summed E-state index contributed by atoms with van der Waals surface area (Å²) in [5.41, 5.74) is 7.51. The van der Waals surface area contributed by atoms with E-state index >= 15 is 0 Å². The average molecular weight is 357 g/mol. The van der Waals surface area contributed by atoms with Gasteiger partial charge in [0.05, 0.1) is 5.02 Å². The molecule has 0 aliphatic carbocycles. The molecule has 0 saturated carbocycles. The number of carbonyl (C=O) groups excluding carboxylic acids is 1. The van der Waals surface area contributed by atoms with E-state index in [9.17, 15) is 9.18 Å². The standard InChI is InChI=1S/C19H14ClFN2O2/c20-16-11-12(1-8-17(16)21)18-9-6-15(25-18)7-10-19(24)23-14-4-2-13(22)3-5-14/h1-11H,22H2,(H,23,24)/b10-7+. The van der Waals surface area contributed by atoms with E-state index in [1.165, 1.54) is 18.2 Å². The molecular weight excluding hydrogens is 343 g/mol. The average Bonchev–Trinajstić information content (AvgIpc) is 3.07. The van der Waals surface area contributed by atoms with Crippen LogP contribution in [0.15, 0.2) is 65.1 Å². The molecule has 25 heavy (non-hydrogen) atoms. The minimum absolute atomic E-state index is 0.0221. The lowest BCUT2D eigenvalue weighted by atomic mass is 10.2. The third kappa shape index (κ3) is 4.28. The highest BCUT2D eigenvalue weighted by molar-refractivity contribution is 6.31. The number of anilines is 2. The molecule has 3 N–H and O–H groups in total. The first kappa shape index (κ1) is 16.8. The zero-order chi connectivity index (χ0) is 17.8. The summed E-state index contributed by atoms with van der Waals surface area (Å²) >= 11 is 5.77. The van der Waals surface area contributed by atoms with Crippen LogP contribution in [0.3, 0.4) is 0 Å². The van der Waals surface area contributed by atoms with Crippen molar-refractivity contribution in [2.45, 2.75) is 0 Å². The maximum Gasteiger partial charge on any atom is 0.248 e. The Bertz CT molecular complexity index is 933. The fraction of sp³-hybridized carbons (Fsp3) is 0. The van der Waals surface area contributed by atoms with E-state index in [1.807, 2.05) is 0 Å². The van der Waals surface area contributed by atoms with Crippen molar-refractivity contribution in [2.24, 2.45) is 0 Å². The highest BCUT2D eigenvalue weighted by Gasteiger charge is 2.07. The largest absolute Gasteiger partial charge is 0.457 e. The van der Waals surface area contributed by atoms with E-state index in [0.29, 0.717) is 28.5 Å². The van der Waals surface area contributed by atoms with Crippen molar-refractivity contribution >= 4 is 35.0 Å². The normalized spacial score (nSPS) is 11.0. The second-order valence-corrected chi connectivity index (χ2v) is 5.68. The fourth-order valence-corrected chi connectivity index (χ4v) is 2.34. The number of carbonyl (C=O) groups is 1. The Balaban J connectivity index is 1.67. The van der Waals surface area contributed by atoms with Crippen LogP contribution >= 0.6 is 11.6 Å². The van der Waals surface area contributed by atoms with Crippen molar-refractivity contribution < 1.29 is 13.6 Å². The molecule has 1 heterocycles. The van der Waals surface area contributed by atoms with Gasteiger partial charge in [0.1, 0.15) is 17.3 Å². The van der Waals surface area contributed by atoms with Crippen LogP contribution in [0.2, 0.25) is 5.02 Å². The molecule has 0 radical (unpaired) electrons. The number of benzene rings is 2. The molecule has 0 unspecified atom stereocenters. The second-order valence-electron chi connectivity index (χ2n) is 5.28. The van der Waals surface area contributed by atoms with Gasteiger partial charge in [-0.1, -0.05) is 11.6 Å². The van der Waals surface area contributed by atoms with Gasteiger partial charge in [0.25, 0.3) is 0 Å².